The number of carbonyl (C=O) groups excluding carboxylic acids is 1. The Hall–Kier alpha value is -2.81. The molecule has 3 nitrogen and oxygen atoms in total. The molecule has 0 heterocycles. The Bertz CT molecular complexity index is 672. The highest BCUT2D eigenvalue weighted by Gasteiger charge is 2.08. The average molecular weight is 294 g/mol. The number of hydrogen-bond donors (Lipinski definition) is 0. The van der Waals surface area contributed by atoms with Gasteiger partial charge in [-0.2, -0.15) is 0 Å². The van der Waals surface area contributed by atoms with Crippen molar-refractivity contribution < 1.29 is 14.3 Å². The summed E-state index contributed by atoms with van der Waals surface area (Å²) in [5.41, 5.74) is 1.99. The second-order valence-corrected chi connectivity index (χ2v) is 4.64. The van der Waals surface area contributed by atoms with E-state index >= 15 is 0 Å². The zero-order valence-corrected chi connectivity index (χ0v) is 12.5. The maximum atomic E-state index is 11.9. The van der Waals surface area contributed by atoms with Gasteiger partial charge in [-0.3, -0.25) is 0 Å². The van der Waals surface area contributed by atoms with Crippen LogP contribution in [0.4, 0.5) is 0 Å². The van der Waals surface area contributed by atoms with Gasteiger partial charge in [0, 0.05) is 6.08 Å². The first-order chi connectivity index (χ1) is 10.7. The molecule has 0 atom stereocenters. The van der Waals surface area contributed by atoms with E-state index in [9.17, 15) is 4.79 Å². The molecule has 0 aliphatic carbocycles. The first-order valence-corrected chi connectivity index (χ1v) is 6.95. The zero-order valence-electron chi connectivity index (χ0n) is 12.5. The van der Waals surface area contributed by atoms with Crippen LogP contribution in [0.1, 0.15) is 11.1 Å². The number of ether oxygens (including phenoxy) is 2. The number of benzene rings is 2. The highest BCUT2D eigenvalue weighted by atomic mass is 16.6. The molecule has 0 unspecified atom stereocenters. The van der Waals surface area contributed by atoms with Gasteiger partial charge < -0.3 is 9.47 Å². The summed E-state index contributed by atoms with van der Waals surface area (Å²) in [5.74, 6) is 0.484. The number of methoxy groups -OCH3 is 1. The highest BCUT2D eigenvalue weighted by molar-refractivity contribution is 5.89. The van der Waals surface area contributed by atoms with Gasteiger partial charge >= 0.3 is 5.97 Å². The molecule has 3 heteroatoms. The maximum Gasteiger partial charge on any atom is 0.336 e. The van der Waals surface area contributed by atoms with Crippen LogP contribution in [0.25, 0.3) is 6.08 Å². The van der Waals surface area contributed by atoms with E-state index in [1.54, 1.807) is 19.3 Å². The van der Waals surface area contributed by atoms with Crippen molar-refractivity contribution in [2.75, 3.05) is 7.11 Å². The predicted molar refractivity (Wildman–Crippen MR) is 88.0 cm³/mol. The van der Waals surface area contributed by atoms with Gasteiger partial charge in [-0.25, -0.2) is 4.79 Å². The Balaban J connectivity index is 2.08. The van der Waals surface area contributed by atoms with Crippen LogP contribution in [0.15, 0.2) is 67.3 Å². The van der Waals surface area contributed by atoms with Crippen LogP contribution in [0.2, 0.25) is 0 Å². The van der Waals surface area contributed by atoms with E-state index in [4.69, 9.17) is 9.47 Å². The lowest BCUT2D eigenvalue weighted by Crippen LogP contribution is -2.05. The van der Waals surface area contributed by atoms with E-state index in [0.717, 1.165) is 17.5 Å². The molecule has 0 aromatic heterocycles. The Morgan fingerprint density at radius 2 is 1.91 bits per heavy atom. The molecule has 0 bridgehead atoms. The van der Waals surface area contributed by atoms with Crippen molar-refractivity contribution in [1.29, 1.82) is 0 Å². The quantitative estimate of drug-likeness (QED) is 0.349. The molecule has 0 spiro atoms. The minimum Gasteiger partial charge on any atom is -0.493 e. The molecule has 0 saturated heterocycles. The summed E-state index contributed by atoms with van der Waals surface area (Å²) < 4.78 is 10.6. The SMILES string of the molecule is C=CCc1ccc(OC(=O)/C=C/c2ccccc2)c(OC)c1. The van der Waals surface area contributed by atoms with Gasteiger partial charge in [0.1, 0.15) is 0 Å². The van der Waals surface area contributed by atoms with Crippen LogP contribution < -0.4 is 9.47 Å². The minimum atomic E-state index is -0.446. The van der Waals surface area contributed by atoms with E-state index in [0.29, 0.717) is 11.5 Å². The second-order valence-electron chi connectivity index (χ2n) is 4.64. The van der Waals surface area contributed by atoms with Crippen molar-refractivity contribution in [3.05, 3.63) is 78.4 Å². The predicted octanol–water partition coefficient (Wildman–Crippen LogP) is 4.04. The first kappa shape index (κ1) is 15.6. The first-order valence-electron chi connectivity index (χ1n) is 6.95. The lowest BCUT2D eigenvalue weighted by molar-refractivity contribution is -0.129. The van der Waals surface area contributed by atoms with Crippen LogP contribution in [0, 0.1) is 0 Å². The van der Waals surface area contributed by atoms with Crippen LogP contribution in [-0.4, -0.2) is 13.1 Å². The fourth-order valence-electron chi connectivity index (χ4n) is 1.96. The number of carbonyl (C=O) groups is 1. The van der Waals surface area contributed by atoms with Crippen molar-refractivity contribution in [3.8, 4) is 11.5 Å². The monoisotopic (exact) mass is 294 g/mol. The molecule has 0 aliphatic rings. The van der Waals surface area contributed by atoms with Gasteiger partial charge in [0.25, 0.3) is 0 Å². The molecular formula is C19H18O3. The molecule has 0 fully saturated rings. The summed E-state index contributed by atoms with van der Waals surface area (Å²) in [6.07, 6.45) is 5.65. The Kier molecular flexibility index (Phi) is 5.55. The van der Waals surface area contributed by atoms with Crippen molar-refractivity contribution >= 4 is 12.0 Å². The fourth-order valence-corrected chi connectivity index (χ4v) is 1.96. The fraction of sp³-hybridized carbons (Fsp3) is 0.105. The van der Waals surface area contributed by atoms with Gasteiger partial charge in [0.15, 0.2) is 11.5 Å². The summed E-state index contributed by atoms with van der Waals surface area (Å²) in [6, 6.07) is 15.0. The van der Waals surface area contributed by atoms with Crippen molar-refractivity contribution in [3.63, 3.8) is 0 Å². The minimum absolute atomic E-state index is 0.401. The Morgan fingerprint density at radius 3 is 2.59 bits per heavy atom. The van der Waals surface area contributed by atoms with Gasteiger partial charge in [0.2, 0.25) is 0 Å². The van der Waals surface area contributed by atoms with Crippen LogP contribution >= 0.6 is 0 Å². The van der Waals surface area contributed by atoms with Gasteiger partial charge in [-0.15, -0.1) is 6.58 Å². The normalized spacial score (nSPS) is 10.4. The third kappa shape index (κ3) is 4.35. The molecule has 0 aliphatic heterocycles. The average Bonchev–Trinajstić information content (AvgIpc) is 2.55. The van der Waals surface area contributed by atoms with Crippen LogP contribution in [0.5, 0.6) is 11.5 Å². The number of rotatable bonds is 6. The molecule has 2 rings (SSSR count). The van der Waals surface area contributed by atoms with E-state index < -0.39 is 5.97 Å². The molecule has 2 aromatic rings. The largest absolute Gasteiger partial charge is 0.493 e. The molecule has 22 heavy (non-hydrogen) atoms. The zero-order chi connectivity index (χ0) is 15.8. The van der Waals surface area contributed by atoms with Gasteiger partial charge in [0.05, 0.1) is 7.11 Å². The summed E-state index contributed by atoms with van der Waals surface area (Å²) >= 11 is 0. The molecule has 0 N–H and O–H groups in total. The topological polar surface area (TPSA) is 35.5 Å². The van der Waals surface area contributed by atoms with Gasteiger partial charge in [-0.05, 0) is 35.8 Å². The summed E-state index contributed by atoms with van der Waals surface area (Å²) in [4.78, 5) is 11.9. The summed E-state index contributed by atoms with van der Waals surface area (Å²) in [5, 5.41) is 0. The molecule has 0 amide bonds. The summed E-state index contributed by atoms with van der Waals surface area (Å²) in [7, 11) is 1.55. The maximum absolute atomic E-state index is 11.9. The van der Waals surface area contributed by atoms with Gasteiger partial charge in [-0.1, -0.05) is 42.5 Å². The second kappa shape index (κ2) is 7.84. The van der Waals surface area contributed by atoms with E-state index in [1.165, 1.54) is 6.08 Å². The van der Waals surface area contributed by atoms with E-state index in [1.807, 2.05) is 48.5 Å². The molecule has 2 aromatic carbocycles. The van der Waals surface area contributed by atoms with Crippen molar-refractivity contribution in [2.45, 2.75) is 6.42 Å². The smallest absolute Gasteiger partial charge is 0.336 e. The number of allylic oxidation sites excluding steroid dienone is 1. The third-order valence-electron chi connectivity index (χ3n) is 3.03. The summed E-state index contributed by atoms with van der Waals surface area (Å²) in [6.45, 7) is 3.70. The Morgan fingerprint density at radius 1 is 1.14 bits per heavy atom. The Labute approximate surface area is 130 Å². The van der Waals surface area contributed by atoms with E-state index in [2.05, 4.69) is 6.58 Å². The lowest BCUT2D eigenvalue weighted by atomic mass is 10.1. The van der Waals surface area contributed by atoms with Crippen LogP contribution in [-0.2, 0) is 11.2 Å². The number of hydrogen-bond acceptors (Lipinski definition) is 3. The molecule has 112 valence electrons. The molecular weight excluding hydrogens is 276 g/mol. The highest BCUT2D eigenvalue weighted by Crippen LogP contribution is 2.28. The van der Waals surface area contributed by atoms with Crippen molar-refractivity contribution in [1.82, 2.24) is 0 Å². The van der Waals surface area contributed by atoms with Crippen LogP contribution in [0.3, 0.4) is 0 Å². The lowest BCUT2D eigenvalue weighted by Gasteiger charge is -2.09. The standard InChI is InChI=1S/C19H18O3/c1-3-7-16-10-12-17(18(14-16)21-2)22-19(20)13-11-15-8-5-4-6-9-15/h3-6,8-14H,1,7H2,2H3/b13-11+. The van der Waals surface area contributed by atoms with E-state index in [-0.39, 0.29) is 0 Å². The molecule has 0 radical (unpaired) electrons. The third-order valence-corrected chi connectivity index (χ3v) is 3.03. The molecule has 0 saturated carbocycles. The van der Waals surface area contributed by atoms with Crippen molar-refractivity contribution in [2.24, 2.45) is 0 Å². The number of esters is 1.